The SMILES string of the molecule is Brc1nnc(N2C[C@H]3CC[C@@H](C2)C3Nc2ncccn2)s1. The Morgan fingerprint density at radius 2 is 1.86 bits per heavy atom. The first kappa shape index (κ1) is 13.4. The van der Waals surface area contributed by atoms with Crippen LogP contribution in [0.3, 0.4) is 0 Å². The van der Waals surface area contributed by atoms with Crippen molar-refractivity contribution in [3.05, 3.63) is 22.4 Å². The topological polar surface area (TPSA) is 66.8 Å². The van der Waals surface area contributed by atoms with Crippen molar-refractivity contribution in [1.82, 2.24) is 20.2 Å². The van der Waals surface area contributed by atoms with Crippen molar-refractivity contribution in [2.75, 3.05) is 23.3 Å². The third-order valence-electron chi connectivity index (χ3n) is 4.36. The fraction of sp³-hybridized carbons (Fsp3) is 0.538. The fourth-order valence-electron chi connectivity index (χ4n) is 3.46. The van der Waals surface area contributed by atoms with Crippen LogP contribution in [0.15, 0.2) is 22.4 Å². The number of fused-ring (bicyclic) bond motifs is 2. The summed E-state index contributed by atoms with van der Waals surface area (Å²) in [6.07, 6.45) is 6.08. The van der Waals surface area contributed by atoms with Crippen molar-refractivity contribution in [2.45, 2.75) is 18.9 Å². The molecule has 3 atom stereocenters. The molecule has 1 aliphatic heterocycles. The van der Waals surface area contributed by atoms with Gasteiger partial charge in [0.15, 0.2) is 3.92 Å². The quantitative estimate of drug-likeness (QED) is 0.899. The van der Waals surface area contributed by atoms with Gasteiger partial charge in [0, 0.05) is 31.5 Å². The van der Waals surface area contributed by atoms with E-state index >= 15 is 0 Å². The summed E-state index contributed by atoms with van der Waals surface area (Å²) in [5, 5.41) is 12.9. The lowest BCUT2D eigenvalue weighted by atomic mass is 9.92. The van der Waals surface area contributed by atoms with E-state index in [4.69, 9.17) is 0 Å². The third kappa shape index (κ3) is 2.62. The minimum absolute atomic E-state index is 0.472. The number of halogens is 1. The second-order valence-electron chi connectivity index (χ2n) is 5.58. The highest BCUT2D eigenvalue weighted by molar-refractivity contribution is 9.11. The molecule has 0 aromatic carbocycles. The van der Waals surface area contributed by atoms with Crippen molar-refractivity contribution in [3.63, 3.8) is 0 Å². The van der Waals surface area contributed by atoms with E-state index in [1.165, 1.54) is 12.8 Å². The molecule has 21 heavy (non-hydrogen) atoms. The van der Waals surface area contributed by atoms with Crippen LogP contribution in [-0.4, -0.2) is 39.3 Å². The molecule has 1 saturated carbocycles. The lowest BCUT2D eigenvalue weighted by Crippen LogP contribution is -2.48. The summed E-state index contributed by atoms with van der Waals surface area (Å²) in [6, 6.07) is 2.32. The number of rotatable bonds is 3. The van der Waals surface area contributed by atoms with Gasteiger partial charge in [-0.1, -0.05) is 11.3 Å². The van der Waals surface area contributed by atoms with Crippen molar-refractivity contribution in [2.24, 2.45) is 11.8 Å². The Hall–Kier alpha value is -1.28. The molecule has 0 amide bonds. The Morgan fingerprint density at radius 3 is 2.48 bits per heavy atom. The number of nitrogens with zero attached hydrogens (tertiary/aromatic N) is 5. The smallest absolute Gasteiger partial charge is 0.222 e. The molecule has 4 rings (SSSR count). The fourth-order valence-corrected chi connectivity index (χ4v) is 4.57. The summed E-state index contributed by atoms with van der Waals surface area (Å²) in [5.41, 5.74) is 0. The molecule has 0 spiro atoms. The predicted molar refractivity (Wildman–Crippen MR) is 85.5 cm³/mol. The van der Waals surface area contributed by atoms with Gasteiger partial charge in [0.25, 0.3) is 0 Å². The van der Waals surface area contributed by atoms with E-state index in [2.05, 4.69) is 46.3 Å². The first-order chi connectivity index (χ1) is 10.3. The number of anilines is 2. The standard InChI is InChI=1S/C13H15BrN6S/c14-11-18-19-13(21-11)20-6-8-2-3-9(7-20)10(8)17-12-15-4-1-5-16-12/h1,4-5,8-10H,2-3,6-7H2,(H,15,16,17)/t8-,9+,10?. The second-order valence-corrected chi connectivity index (χ2v) is 7.81. The van der Waals surface area contributed by atoms with Crippen molar-refractivity contribution in [1.29, 1.82) is 0 Å². The molecule has 2 aromatic heterocycles. The monoisotopic (exact) mass is 366 g/mol. The number of hydrogen-bond donors (Lipinski definition) is 1. The Balaban J connectivity index is 1.49. The second kappa shape index (κ2) is 5.49. The molecule has 8 heteroatoms. The van der Waals surface area contributed by atoms with Crippen LogP contribution in [-0.2, 0) is 0 Å². The van der Waals surface area contributed by atoms with Crippen LogP contribution in [0.1, 0.15) is 12.8 Å². The van der Waals surface area contributed by atoms with Gasteiger partial charge in [0.1, 0.15) is 0 Å². The molecule has 2 fully saturated rings. The molecule has 110 valence electrons. The van der Waals surface area contributed by atoms with Crippen LogP contribution in [0.4, 0.5) is 11.1 Å². The van der Waals surface area contributed by atoms with Gasteiger partial charge in [-0.05, 0) is 46.7 Å². The van der Waals surface area contributed by atoms with Crippen molar-refractivity contribution in [3.8, 4) is 0 Å². The van der Waals surface area contributed by atoms with E-state index in [9.17, 15) is 0 Å². The Bertz CT molecular complexity index is 606. The van der Waals surface area contributed by atoms with E-state index in [-0.39, 0.29) is 0 Å². The normalized spacial score (nSPS) is 27.9. The molecular formula is C13H15BrN6S. The van der Waals surface area contributed by atoms with E-state index in [0.717, 1.165) is 28.1 Å². The van der Waals surface area contributed by atoms with Gasteiger partial charge in [-0.2, -0.15) is 0 Å². The van der Waals surface area contributed by atoms with E-state index in [1.54, 1.807) is 23.7 Å². The zero-order valence-electron chi connectivity index (χ0n) is 11.3. The molecule has 2 bridgehead atoms. The van der Waals surface area contributed by atoms with Crippen LogP contribution in [0.2, 0.25) is 0 Å². The van der Waals surface area contributed by atoms with Crippen LogP contribution < -0.4 is 10.2 Å². The molecule has 1 aliphatic carbocycles. The average molecular weight is 367 g/mol. The van der Waals surface area contributed by atoms with Gasteiger partial charge in [-0.25, -0.2) is 9.97 Å². The zero-order chi connectivity index (χ0) is 14.2. The van der Waals surface area contributed by atoms with E-state index in [1.807, 2.05) is 6.07 Å². The Kier molecular flexibility index (Phi) is 3.50. The Labute approximate surface area is 135 Å². The van der Waals surface area contributed by atoms with Crippen LogP contribution in [0.25, 0.3) is 0 Å². The Morgan fingerprint density at radius 1 is 1.14 bits per heavy atom. The zero-order valence-corrected chi connectivity index (χ0v) is 13.7. The highest BCUT2D eigenvalue weighted by Crippen LogP contribution is 2.40. The molecular weight excluding hydrogens is 352 g/mol. The minimum atomic E-state index is 0.472. The highest BCUT2D eigenvalue weighted by atomic mass is 79.9. The summed E-state index contributed by atoms with van der Waals surface area (Å²) in [4.78, 5) is 10.9. The first-order valence-electron chi connectivity index (χ1n) is 7.07. The van der Waals surface area contributed by atoms with Gasteiger partial charge in [-0.15, -0.1) is 10.2 Å². The van der Waals surface area contributed by atoms with E-state index < -0.39 is 0 Å². The summed E-state index contributed by atoms with van der Waals surface area (Å²) >= 11 is 5.00. The maximum atomic E-state index is 4.29. The van der Waals surface area contributed by atoms with Gasteiger partial charge in [-0.3, -0.25) is 0 Å². The lowest BCUT2D eigenvalue weighted by molar-refractivity contribution is 0.376. The molecule has 3 heterocycles. The van der Waals surface area contributed by atoms with E-state index in [0.29, 0.717) is 17.9 Å². The van der Waals surface area contributed by atoms with Crippen LogP contribution in [0.5, 0.6) is 0 Å². The van der Waals surface area contributed by atoms with Crippen molar-refractivity contribution < 1.29 is 0 Å². The number of hydrogen-bond acceptors (Lipinski definition) is 7. The summed E-state index contributed by atoms with van der Waals surface area (Å²) < 4.78 is 0.850. The molecule has 0 radical (unpaired) electrons. The predicted octanol–water partition coefficient (Wildman–Crippen LogP) is 2.42. The summed E-state index contributed by atoms with van der Waals surface area (Å²) in [6.45, 7) is 2.06. The van der Waals surface area contributed by atoms with Gasteiger partial charge in [0.2, 0.25) is 11.1 Å². The first-order valence-corrected chi connectivity index (χ1v) is 8.68. The van der Waals surface area contributed by atoms with Gasteiger partial charge >= 0.3 is 0 Å². The van der Waals surface area contributed by atoms with Crippen molar-refractivity contribution >= 4 is 38.3 Å². The number of aromatic nitrogens is 4. The molecule has 2 aromatic rings. The number of nitrogens with one attached hydrogen (secondary N) is 1. The molecule has 6 nitrogen and oxygen atoms in total. The minimum Gasteiger partial charge on any atom is -0.351 e. The van der Waals surface area contributed by atoms with Crippen LogP contribution >= 0.6 is 27.3 Å². The summed E-state index contributed by atoms with van der Waals surface area (Å²) in [7, 11) is 0. The molecule has 1 saturated heterocycles. The molecule has 2 aliphatic rings. The average Bonchev–Trinajstić information content (AvgIpc) is 3.01. The lowest BCUT2D eigenvalue weighted by Gasteiger charge is -2.38. The third-order valence-corrected chi connectivity index (χ3v) is 5.77. The summed E-state index contributed by atoms with van der Waals surface area (Å²) in [5.74, 6) is 1.98. The maximum absolute atomic E-state index is 4.29. The molecule has 1 N–H and O–H groups in total. The van der Waals surface area contributed by atoms with Crippen LogP contribution in [0, 0.1) is 11.8 Å². The maximum Gasteiger partial charge on any atom is 0.222 e. The van der Waals surface area contributed by atoms with Gasteiger partial charge in [0.05, 0.1) is 0 Å². The highest BCUT2D eigenvalue weighted by Gasteiger charge is 2.43. The van der Waals surface area contributed by atoms with Gasteiger partial charge < -0.3 is 10.2 Å². The molecule has 1 unspecified atom stereocenters. The largest absolute Gasteiger partial charge is 0.351 e. The number of piperidine rings is 1.